The molecule has 0 aliphatic carbocycles. The highest BCUT2D eigenvalue weighted by atomic mass is 35.5. The van der Waals surface area contributed by atoms with E-state index < -0.39 is 17.0 Å². The van der Waals surface area contributed by atoms with E-state index in [1.54, 1.807) is 11.0 Å². The number of aromatic nitrogens is 1. The van der Waals surface area contributed by atoms with Crippen molar-refractivity contribution in [2.24, 2.45) is 0 Å². The van der Waals surface area contributed by atoms with Crippen molar-refractivity contribution in [2.45, 2.75) is 57.7 Å². The van der Waals surface area contributed by atoms with Gasteiger partial charge in [0, 0.05) is 80.0 Å². The molecule has 4 heterocycles. The lowest BCUT2D eigenvalue weighted by atomic mass is 9.91. The third-order valence-corrected chi connectivity index (χ3v) is 8.33. The maximum absolute atomic E-state index is 14.4. The number of piperazine rings is 1. The number of rotatable bonds is 6. The van der Waals surface area contributed by atoms with E-state index in [1.807, 2.05) is 13.8 Å². The van der Waals surface area contributed by atoms with Crippen molar-refractivity contribution in [3.8, 4) is 0 Å². The van der Waals surface area contributed by atoms with Gasteiger partial charge in [0.2, 0.25) is 5.91 Å². The van der Waals surface area contributed by atoms with Crippen LogP contribution < -0.4 is 15.8 Å². The summed E-state index contributed by atoms with van der Waals surface area (Å²) >= 11 is 0. The number of benzene rings is 1. The Morgan fingerprint density at radius 3 is 2.59 bits per heavy atom. The van der Waals surface area contributed by atoms with Crippen molar-refractivity contribution in [1.29, 1.82) is 0 Å². The molecule has 1 aromatic carbocycles. The molecule has 1 amide bonds. The van der Waals surface area contributed by atoms with Crippen LogP contribution in [0.15, 0.2) is 29.1 Å². The van der Waals surface area contributed by atoms with E-state index in [9.17, 15) is 18.4 Å². The molecule has 0 saturated carbocycles. The van der Waals surface area contributed by atoms with Gasteiger partial charge in [0.25, 0.3) is 5.56 Å². The molecule has 3 atom stereocenters. The lowest BCUT2D eigenvalue weighted by Crippen LogP contribution is -2.62. The van der Waals surface area contributed by atoms with Gasteiger partial charge in [-0.1, -0.05) is 19.9 Å². The van der Waals surface area contributed by atoms with Crippen LogP contribution in [-0.4, -0.2) is 91.3 Å². The van der Waals surface area contributed by atoms with Gasteiger partial charge in [-0.15, -0.1) is 24.8 Å². The Hall–Kier alpha value is -2.08. The van der Waals surface area contributed by atoms with Gasteiger partial charge in [0.05, 0.1) is 25.4 Å². The molecule has 0 unspecified atom stereocenters. The second kappa shape index (κ2) is 13.5. The Morgan fingerprint density at radius 2 is 1.88 bits per heavy atom. The normalized spacial score (nSPS) is 24.3. The summed E-state index contributed by atoms with van der Waals surface area (Å²) in [6, 6.07) is 5.85. The quantitative estimate of drug-likeness (QED) is 0.520. The number of fused-ring (bicyclic) bond motifs is 1. The van der Waals surface area contributed by atoms with Gasteiger partial charge in [-0.3, -0.25) is 19.4 Å². The van der Waals surface area contributed by atoms with Crippen LogP contribution in [0.3, 0.4) is 0 Å². The van der Waals surface area contributed by atoms with Crippen LogP contribution in [0.1, 0.15) is 44.5 Å². The summed E-state index contributed by atoms with van der Waals surface area (Å²) in [7, 11) is 0. The molecule has 2 N–H and O–H groups in total. The summed E-state index contributed by atoms with van der Waals surface area (Å²) in [6.07, 6.45) is 0.00625. The smallest absolute Gasteiger partial charge is 0.251 e. The third kappa shape index (κ3) is 7.29. The molecule has 0 bridgehead atoms. The van der Waals surface area contributed by atoms with E-state index in [2.05, 4.69) is 33.9 Å². The second-order valence-corrected chi connectivity index (χ2v) is 12.0. The van der Waals surface area contributed by atoms with Crippen LogP contribution in [0.4, 0.5) is 14.5 Å². The van der Waals surface area contributed by atoms with Crippen LogP contribution in [0.5, 0.6) is 0 Å². The van der Waals surface area contributed by atoms with Crippen LogP contribution in [0.2, 0.25) is 0 Å². The zero-order valence-electron chi connectivity index (χ0n) is 24.0. The van der Waals surface area contributed by atoms with Crippen molar-refractivity contribution in [3.63, 3.8) is 0 Å². The number of carbonyl (C=O) groups excluding carboxylic acids is 1. The fourth-order valence-corrected chi connectivity index (χ4v) is 6.04. The zero-order valence-corrected chi connectivity index (χ0v) is 25.7. The Balaban J connectivity index is 0.00000231. The van der Waals surface area contributed by atoms with E-state index in [0.717, 1.165) is 45.5 Å². The predicted molar refractivity (Wildman–Crippen MR) is 161 cm³/mol. The van der Waals surface area contributed by atoms with Gasteiger partial charge in [-0.05, 0) is 31.5 Å². The topological polar surface area (TPSA) is 80.9 Å². The average molecular weight is 617 g/mol. The molecule has 12 heteroatoms. The molecule has 2 aromatic rings. The fraction of sp³-hybridized carbons (Fsp3) is 0.586. The predicted octanol–water partition coefficient (Wildman–Crippen LogP) is 3.09. The van der Waals surface area contributed by atoms with Crippen molar-refractivity contribution in [2.75, 3.05) is 57.4 Å². The molecule has 8 nitrogen and oxygen atoms in total. The molecule has 0 radical (unpaired) electrons. The number of anilines is 1. The molecule has 3 aliphatic rings. The lowest BCUT2D eigenvalue weighted by Gasteiger charge is -2.43. The molecule has 3 aliphatic heterocycles. The molecule has 0 spiro atoms. The summed E-state index contributed by atoms with van der Waals surface area (Å²) in [5, 5.41) is 3.56. The Bertz CT molecular complexity index is 1290. The molecule has 1 aromatic heterocycles. The molecule has 41 heavy (non-hydrogen) atoms. The first-order chi connectivity index (χ1) is 18.5. The largest absolute Gasteiger partial charge is 0.379 e. The minimum Gasteiger partial charge on any atom is -0.379 e. The van der Waals surface area contributed by atoms with Gasteiger partial charge >= 0.3 is 0 Å². The number of ether oxygens (including phenoxy) is 1. The standard InChI is InChI=1S/C29H39F2N5O3.2ClH/c1-18-13-35(23(12-32-18)14-34-7-8-39-16-19(34)2)15-26(37)36-17-29(3,4)27-25(36)10-21(28(38)33-27)9-20-5-6-22(30)11-24(20)31;;/h5-6,10-11,18-19,23,32H,7-9,12-17H2,1-4H3,(H,33,38);2*1H/t18-,19-,23-;;/m1../s1. The lowest BCUT2D eigenvalue weighted by molar-refractivity contribution is -0.121. The van der Waals surface area contributed by atoms with Gasteiger partial charge in [0.15, 0.2) is 0 Å². The summed E-state index contributed by atoms with van der Waals surface area (Å²) in [6.45, 7) is 13.8. The summed E-state index contributed by atoms with van der Waals surface area (Å²) in [5.74, 6) is -1.39. The van der Waals surface area contributed by atoms with E-state index in [0.29, 0.717) is 29.5 Å². The van der Waals surface area contributed by atoms with E-state index in [1.165, 1.54) is 12.1 Å². The van der Waals surface area contributed by atoms with Crippen LogP contribution in [-0.2, 0) is 21.4 Å². The zero-order chi connectivity index (χ0) is 27.9. The Kier molecular flexibility index (Phi) is 11.0. The van der Waals surface area contributed by atoms with Gasteiger partial charge in [-0.25, -0.2) is 8.78 Å². The number of morpholine rings is 1. The highest BCUT2D eigenvalue weighted by molar-refractivity contribution is 5.97. The first-order valence-electron chi connectivity index (χ1n) is 13.8. The number of pyridine rings is 1. The van der Waals surface area contributed by atoms with Gasteiger partial charge in [0.1, 0.15) is 11.6 Å². The number of carbonyl (C=O) groups is 1. The maximum atomic E-state index is 14.4. The number of halogens is 4. The second-order valence-electron chi connectivity index (χ2n) is 12.0. The third-order valence-electron chi connectivity index (χ3n) is 8.33. The molecular weight excluding hydrogens is 575 g/mol. The summed E-state index contributed by atoms with van der Waals surface area (Å²) < 4.78 is 33.4. The van der Waals surface area contributed by atoms with Crippen molar-refractivity contribution in [3.05, 3.63) is 63.1 Å². The first kappa shape index (κ1) is 33.4. The van der Waals surface area contributed by atoms with Crippen molar-refractivity contribution < 1.29 is 18.3 Å². The Labute approximate surface area is 252 Å². The number of H-pyrrole nitrogens is 1. The van der Waals surface area contributed by atoms with Crippen LogP contribution in [0.25, 0.3) is 0 Å². The van der Waals surface area contributed by atoms with E-state index in [4.69, 9.17) is 4.74 Å². The minimum absolute atomic E-state index is 0. The fourth-order valence-electron chi connectivity index (χ4n) is 6.04. The molecule has 2 saturated heterocycles. The SMILES string of the molecule is C[C@@H]1CN(CC(=O)N2CC(C)(C)c3[nH]c(=O)c(Cc4ccc(F)cc4F)cc32)[C@@H](CN2CCOC[C@H]2C)CN1.Cl.Cl. The van der Waals surface area contributed by atoms with Crippen molar-refractivity contribution in [1.82, 2.24) is 20.1 Å². The maximum Gasteiger partial charge on any atom is 0.251 e. The highest BCUT2D eigenvalue weighted by Crippen LogP contribution is 2.39. The van der Waals surface area contributed by atoms with E-state index in [-0.39, 0.29) is 66.9 Å². The van der Waals surface area contributed by atoms with Gasteiger partial charge in [-0.2, -0.15) is 0 Å². The average Bonchev–Trinajstić information content (AvgIpc) is 3.13. The van der Waals surface area contributed by atoms with Crippen LogP contribution in [0, 0.1) is 11.6 Å². The first-order valence-corrected chi connectivity index (χ1v) is 13.8. The van der Waals surface area contributed by atoms with E-state index >= 15 is 0 Å². The number of nitrogens with zero attached hydrogens (tertiary/aromatic N) is 3. The van der Waals surface area contributed by atoms with Gasteiger partial charge < -0.3 is 19.9 Å². The number of hydrogen-bond acceptors (Lipinski definition) is 6. The minimum atomic E-state index is -0.698. The summed E-state index contributed by atoms with van der Waals surface area (Å²) in [5.41, 5.74) is 1.16. The molecule has 5 rings (SSSR count). The Morgan fingerprint density at radius 1 is 1.12 bits per heavy atom. The number of amides is 1. The molecule has 228 valence electrons. The summed E-state index contributed by atoms with van der Waals surface area (Å²) in [4.78, 5) is 36.3. The van der Waals surface area contributed by atoms with Crippen LogP contribution >= 0.6 is 24.8 Å². The highest BCUT2D eigenvalue weighted by Gasteiger charge is 2.41. The van der Waals surface area contributed by atoms with Crippen molar-refractivity contribution >= 4 is 36.4 Å². The monoisotopic (exact) mass is 615 g/mol. The number of hydrogen-bond donors (Lipinski definition) is 2. The molecule has 2 fully saturated rings. The number of aromatic amines is 1. The number of nitrogens with one attached hydrogen (secondary N) is 2. The molecular formula is C29H41Cl2F2N5O3.